The molecule has 1 atom stereocenters. The first-order valence-corrected chi connectivity index (χ1v) is 7.62. The second-order valence-electron chi connectivity index (χ2n) is 4.55. The third kappa shape index (κ3) is 2.56. The maximum atomic E-state index is 12.4. The van der Waals surface area contributed by atoms with Gasteiger partial charge in [-0.15, -0.1) is 0 Å². The molecule has 0 bridgehead atoms. The van der Waals surface area contributed by atoms with E-state index >= 15 is 0 Å². The van der Waals surface area contributed by atoms with Gasteiger partial charge in [0.05, 0.1) is 22.1 Å². The largest absolute Gasteiger partial charge is 0.399 e. The van der Waals surface area contributed by atoms with Gasteiger partial charge in [0.25, 0.3) is 0 Å². The van der Waals surface area contributed by atoms with E-state index in [2.05, 4.69) is 4.98 Å². The molecule has 0 amide bonds. The summed E-state index contributed by atoms with van der Waals surface area (Å²) < 4.78 is 12.4. The van der Waals surface area contributed by atoms with Gasteiger partial charge in [-0.2, -0.15) is 0 Å². The summed E-state index contributed by atoms with van der Waals surface area (Å²) in [4.78, 5) is 5.13. The second-order valence-corrected chi connectivity index (χ2v) is 6.01. The SMILES string of the molecule is Nc1cccc(S(=O)Cc2cccc3cccnc23)c1. The first-order chi connectivity index (χ1) is 9.74. The molecule has 1 aromatic heterocycles. The van der Waals surface area contributed by atoms with E-state index in [1.165, 1.54) is 0 Å². The average Bonchev–Trinajstić information content (AvgIpc) is 2.47. The number of nitrogens with zero attached hydrogens (tertiary/aromatic N) is 1. The van der Waals surface area contributed by atoms with E-state index in [9.17, 15) is 4.21 Å². The molecule has 4 heteroatoms. The van der Waals surface area contributed by atoms with Crippen LogP contribution >= 0.6 is 0 Å². The first kappa shape index (κ1) is 12.8. The molecule has 3 aromatic rings. The maximum Gasteiger partial charge on any atom is 0.0743 e. The molecule has 20 heavy (non-hydrogen) atoms. The van der Waals surface area contributed by atoms with Gasteiger partial charge in [-0.3, -0.25) is 9.19 Å². The van der Waals surface area contributed by atoms with Crippen LogP contribution < -0.4 is 5.73 Å². The Kier molecular flexibility index (Phi) is 3.48. The Balaban J connectivity index is 1.95. The molecular formula is C16H14N2OS. The van der Waals surface area contributed by atoms with Gasteiger partial charge in [0.2, 0.25) is 0 Å². The molecule has 1 heterocycles. The van der Waals surface area contributed by atoms with Gasteiger partial charge in [-0.1, -0.05) is 30.3 Å². The number of hydrogen-bond donors (Lipinski definition) is 1. The van der Waals surface area contributed by atoms with Gasteiger partial charge >= 0.3 is 0 Å². The predicted molar refractivity (Wildman–Crippen MR) is 82.7 cm³/mol. The Morgan fingerprint density at radius 2 is 1.85 bits per heavy atom. The highest BCUT2D eigenvalue weighted by Gasteiger charge is 2.08. The van der Waals surface area contributed by atoms with Crippen LogP contribution in [0, 0.1) is 0 Å². The fraction of sp³-hybridized carbons (Fsp3) is 0.0625. The summed E-state index contributed by atoms with van der Waals surface area (Å²) in [6, 6.07) is 17.1. The smallest absolute Gasteiger partial charge is 0.0743 e. The van der Waals surface area contributed by atoms with E-state index in [-0.39, 0.29) is 0 Å². The van der Waals surface area contributed by atoms with Crippen LogP contribution in [0.15, 0.2) is 65.7 Å². The topological polar surface area (TPSA) is 56.0 Å². The van der Waals surface area contributed by atoms with E-state index in [1.54, 1.807) is 18.3 Å². The number of pyridine rings is 1. The number of nitrogen functional groups attached to an aromatic ring is 1. The van der Waals surface area contributed by atoms with Crippen molar-refractivity contribution in [1.82, 2.24) is 4.98 Å². The van der Waals surface area contributed by atoms with Crippen molar-refractivity contribution >= 4 is 27.4 Å². The summed E-state index contributed by atoms with van der Waals surface area (Å²) in [7, 11) is -1.12. The monoisotopic (exact) mass is 282 g/mol. The third-order valence-corrected chi connectivity index (χ3v) is 4.48. The second kappa shape index (κ2) is 5.43. The summed E-state index contributed by atoms with van der Waals surface area (Å²) in [6.07, 6.45) is 1.76. The minimum absolute atomic E-state index is 0.442. The zero-order chi connectivity index (χ0) is 13.9. The Morgan fingerprint density at radius 1 is 1.05 bits per heavy atom. The highest BCUT2D eigenvalue weighted by Crippen LogP contribution is 2.20. The Morgan fingerprint density at radius 3 is 2.70 bits per heavy atom. The summed E-state index contributed by atoms with van der Waals surface area (Å²) >= 11 is 0. The zero-order valence-electron chi connectivity index (χ0n) is 10.8. The van der Waals surface area contributed by atoms with E-state index in [0.29, 0.717) is 11.4 Å². The summed E-state index contributed by atoms with van der Waals surface area (Å²) in [5.41, 5.74) is 8.26. The number of para-hydroxylation sites is 1. The average molecular weight is 282 g/mol. The highest BCUT2D eigenvalue weighted by molar-refractivity contribution is 7.84. The van der Waals surface area contributed by atoms with Crippen LogP contribution in [0.1, 0.15) is 5.56 Å². The Labute approximate surface area is 119 Å². The first-order valence-electron chi connectivity index (χ1n) is 6.30. The molecule has 0 spiro atoms. The number of hydrogen-bond acceptors (Lipinski definition) is 3. The fourth-order valence-electron chi connectivity index (χ4n) is 2.16. The number of aromatic nitrogens is 1. The lowest BCUT2D eigenvalue weighted by molar-refractivity contribution is 0.683. The van der Waals surface area contributed by atoms with Gasteiger partial charge in [-0.25, -0.2) is 0 Å². The van der Waals surface area contributed by atoms with Crippen molar-refractivity contribution in [2.24, 2.45) is 0 Å². The van der Waals surface area contributed by atoms with Crippen molar-refractivity contribution in [1.29, 1.82) is 0 Å². The van der Waals surface area contributed by atoms with E-state index in [0.717, 1.165) is 21.4 Å². The summed E-state index contributed by atoms with van der Waals surface area (Å²) in [6.45, 7) is 0. The van der Waals surface area contributed by atoms with Crippen molar-refractivity contribution in [2.75, 3.05) is 5.73 Å². The van der Waals surface area contributed by atoms with Crippen molar-refractivity contribution in [2.45, 2.75) is 10.6 Å². The Hall–Kier alpha value is -2.20. The van der Waals surface area contributed by atoms with Gasteiger partial charge in [-0.05, 0) is 29.8 Å². The number of nitrogens with two attached hydrogens (primary N) is 1. The normalized spacial score (nSPS) is 12.4. The van der Waals surface area contributed by atoms with Crippen molar-refractivity contribution in [3.63, 3.8) is 0 Å². The van der Waals surface area contributed by atoms with E-state index < -0.39 is 10.8 Å². The van der Waals surface area contributed by atoms with Gasteiger partial charge < -0.3 is 5.73 Å². The van der Waals surface area contributed by atoms with Crippen LogP contribution in [-0.2, 0) is 16.6 Å². The number of fused-ring (bicyclic) bond motifs is 1. The van der Waals surface area contributed by atoms with Crippen LogP contribution in [0.5, 0.6) is 0 Å². The minimum Gasteiger partial charge on any atom is -0.399 e. The lowest BCUT2D eigenvalue weighted by Crippen LogP contribution is -1.99. The molecule has 0 fully saturated rings. The number of rotatable bonds is 3. The van der Waals surface area contributed by atoms with Crippen LogP contribution in [0.25, 0.3) is 10.9 Å². The molecule has 0 aliphatic rings. The van der Waals surface area contributed by atoms with Crippen molar-refractivity contribution in [3.05, 3.63) is 66.4 Å². The van der Waals surface area contributed by atoms with Crippen LogP contribution in [0.4, 0.5) is 5.69 Å². The lowest BCUT2D eigenvalue weighted by atomic mass is 10.1. The molecule has 0 saturated carbocycles. The molecule has 0 radical (unpaired) electrons. The molecule has 2 aromatic carbocycles. The molecule has 3 nitrogen and oxygen atoms in total. The molecule has 0 saturated heterocycles. The van der Waals surface area contributed by atoms with Gasteiger partial charge in [0.15, 0.2) is 0 Å². The van der Waals surface area contributed by atoms with Crippen LogP contribution in [0.2, 0.25) is 0 Å². The zero-order valence-corrected chi connectivity index (χ0v) is 11.6. The quantitative estimate of drug-likeness (QED) is 0.751. The summed E-state index contributed by atoms with van der Waals surface area (Å²) in [5.74, 6) is 0.442. The highest BCUT2D eigenvalue weighted by atomic mass is 32.2. The van der Waals surface area contributed by atoms with Crippen LogP contribution in [-0.4, -0.2) is 9.19 Å². The number of benzene rings is 2. The molecule has 1 unspecified atom stereocenters. The van der Waals surface area contributed by atoms with Crippen molar-refractivity contribution < 1.29 is 4.21 Å². The Bertz CT molecular complexity index is 781. The number of anilines is 1. The van der Waals surface area contributed by atoms with E-state index in [4.69, 9.17) is 5.73 Å². The lowest BCUT2D eigenvalue weighted by Gasteiger charge is -2.06. The van der Waals surface area contributed by atoms with Crippen LogP contribution in [0.3, 0.4) is 0 Å². The van der Waals surface area contributed by atoms with Gasteiger partial charge in [0.1, 0.15) is 0 Å². The predicted octanol–water partition coefficient (Wildman–Crippen LogP) is 3.12. The summed E-state index contributed by atoms with van der Waals surface area (Å²) in [5, 5.41) is 1.06. The molecule has 100 valence electrons. The third-order valence-electron chi connectivity index (χ3n) is 3.12. The van der Waals surface area contributed by atoms with E-state index in [1.807, 2.05) is 42.5 Å². The van der Waals surface area contributed by atoms with Gasteiger partial charge in [0, 0.05) is 22.2 Å². The molecule has 3 rings (SSSR count). The fourth-order valence-corrected chi connectivity index (χ4v) is 3.34. The molecular weight excluding hydrogens is 268 g/mol. The van der Waals surface area contributed by atoms with Crippen molar-refractivity contribution in [3.8, 4) is 0 Å². The standard InChI is InChI=1S/C16H14N2OS/c17-14-7-2-8-15(10-14)20(19)11-13-5-1-4-12-6-3-9-18-16(12)13/h1-10H,11,17H2. The maximum absolute atomic E-state index is 12.4. The molecule has 2 N–H and O–H groups in total. The molecule has 0 aliphatic carbocycles. The molecule has 0 aliphatic heterocycles. The minimum atomic E-state index is -1.12.